The van der Waals surface area contributed by atoms with Gasteiger partial charge in [-0.3, -0.25) is 15.0 Å². The fraction of sp³-hybridized carbons (Fsp3) is 0.133. The molecule has 7 aromatic rings. The highest BCUT2D eigenvalue weighted by Gasteiger charge is 2.08. The third kappa shape index (κ3) is 8.18. The van der Waals surface area contributed by atoms with Gasteiger partial charge in [0, 0.05) is 34.8 Å². The second kappa shape index (κ2) is 15.3. The topological polar surface area (TPSA) is 38.7 Å². The van der Waals surface area contributed by atoms with Gasteiger partial charge in [0.05, 0.1) is 17.1 Å². The maximum atomic E-state index is 5.00. The van der Waals surface area contributed by atoms with Crippen molar-refractivity contribution in [2.24, 2.45) is 0 Å². The Morgan fingerprint density at radius 2 is 0.729 bits per heavy atom. The zero-order chi connectivity index (χ0) is 32.4. The lowest BCUT2D eigenvalue weighted by atomic mass is 9.95. The normalized spacial score (nSPS) is 11.0. The van der Waals surface area contributed by atoms with E-state index < -0.39 is 0 Å². The number of nitrogens with zero attached hydrogens (tertiary/aromatic N) is 3. The smallest absolute Gasteiger partial charge is 0.0705 e. The molecule has 7 rings (SSSR count). The molecule has 0 radical (unpaired) electrons. The van der Waals surface area contributed by atoms with Crippen LogP contribution in [-0.4, -0.2) is 15.0 Å². The summed E-state index contributed by atoms with van der Waals surface area (Å²) in [6.45, 7) is 0. The first-order valence-corrected chi connectivity index (χ1v) is 16.9. The Hall–Kier alpha value is -5.67. The number of pyridine rings is 3. The molecule has 0 aliphatic carbocycles. The number of hydrogen-bond acceptors (Lipinski definition) is 3. The minimum absolute atomic E-state index is 0.902. The summed E-state index contributed by atoms with van der Waals surface area (Å²) in [6, 6.07) is 53.4. The van der Waals surface area contributed by atoms with Gasteiger partial charge in [0.15, 0.2) is 0 Å². The van der Waals surface area contributed by atoms with Gasteiger partial charge in [-0.15, -0.1) is 0 Å². The molecular formula is C45H39N3. The number of aromatic nitrogens is 3. The largest absolute Gasteiger partial charge is 0.256 e. The van der Waals surface area contributed by atoms with Crippen LogP contribution in [0.4, 0.5) is 0 Å². The van der Waals surface area contributed by atoms with Gasteiger partial charge in [0.1, 0.15) is 0 Å². The zero-order valence-corrected chi connectivity index (χ0v) is 27.2. The molecule has 0 aliphatic heterocycles. The number of aryl methyl sites for hydroxylation is 6. The van der Waals surface area contributed by atoms with E-state index in [1.54, 1.807) is 0 Å². The third-order valence-electron chi connectivity index (χ3n) is 8.85. The molecule has 0 atom stereocenters. The molecule has 0 saturated carbocycles. The van der Waals surface area contributed by atoms with Crippen LogP contribution < -0.4 is 0 Å². The number of hydrogen-bond donors (Lipinski definition) is 0. The van der Waals surface area contributed by atoms with Gasteiger partial charge in [-0.2, -0.15) is 0 Å². The molecule has 0 aliphatic rings. The molecule has 234 valence electrons. The van der Waals surface area contributed by atoms with E-state index in [0.717, 1.165) is 78.0 Å². The molecule has 0 N–H and O–H groups in total. The summed E-state index contributed by atoms with van der Waals surface area (Å²) >= 11 is 0. The van der Waals surface area contributed by atoms with Crippen molar-refractivity contribution in [2.75, 3.05) is 0 Å². The van der Waals surface area contributed by atoms with Crippen LogP contribution >= 0.6 is 0 Å². The molecule has 0 bridgehead atoms. The highest BCUT2D eigenvalue weighted by atomic mass is 14.7. The number of rotatable bonds is 12. The Kier molecular flexibility index (Phi) is 9.85. The highest BCUT2D eigenvalue weighted by Crippen LogP contribution is 2.22. The molecule has 0 fully saturated rings. The fourth-order valence-electron chi connectivity index (χ4n) is 6.21. The van der Waals surface area contributed by atoms with Crippen molar-refractivity contribution >= 4 is 0 Å². The fourth-order valence-corrected chi connectivity index (χ4v) is 6.21. The van der Waals surface area contributed by atoms with Crippen molar-refractivity contribution in [3.63, 3.8) is 0 Å². The van der Waals surface area contributed by atoms with Gasteiger partial charge in [-0.25, -0.2) is 0 Å². The van der Waals surface area contributed by atoms with E-state index in [1.165, 1.54) is 27.8 Å². The van der Waals surface area contributed by atoms with E-state index in [2.05, 4.69) is 133 Å². The van der Waals surface area contributed by atoms with Crippen molar-refractivity contribution in [1.82, 2.24) is 15.0 Å². The van der Waals surface area contributed by atoms with Crippen molar-refractivity contribution in [3.8, 4) is 33.8 Å². The van der Waals surface area contributed by atoms with Gasteiger partial charge in [-0.1, -0.05) is 127 Å². The average Bonchev–Trinajstić information content (AvgIpc) is 3.17. The predicted molar refractivity (Wildman–Crippen MR) is 198 cm³/mol. The summed E-state index contributed by atoms with van der Waals surface area (Å²) in [6.07, 6.45) is 9.78. The van der Waals surface area contributed by atoms with Crippen LogP contribution in [0.25, 0.3) is 33.8 Å². The van der Waals surface area contributed by atoms with Crippen LogP contribution in [0.15, 0.2) is 164 Å². The lowest BCUT2D eigenvalue weighted by molar-refractivity contribution is 0.885. The Labute approximate surface area is 284 Å². The monoisotopic (exact) mass is 621 g/mol. The lowest BCUT2D eigenvalue weighted by Crippen LogP contribution is -2.01. The minimum atomic E-state index is 0.902. The summed E-state index contributed by atoms with van der Waals surface area (Å²) < 4.78 is 0. The van der Waals surface area contributed by atoms with Crippen LogP contribution in [0.3, 0.4) is 0 Å². The van der Waals surface area contributed by atoms with Gasteiger partial charge in [-0.05, 0) is 90.6 Å². The summed E-state index contributed by atoms with van der Waals surface area (Å²) in [5.41, 5.74) is 14.3. The molecular weight excluding hydrogens is 583 g/mol. The molecule has 4 aromatic carbocycles. The summed E-state index contributed by atoms with van der Waals surface area (Å²) in [4.78, 5) is 14.5. The summed E-state index contributed by atoms with van der Waals surface area (Å²) in [7, 11) is 0. The lowest BCUT2D eigenvalue weighted by Gasteiger charge is -2.12. The molecule has 3 nitrogen and oxygen atoms in total. The average molecular weight is 622 g/mol. The Morgan fingerprint density at radius 1 is 0.312 bits per heavy atom. The Balaban J connectivity index is 1.06. The van der Waals surface area contributed by atoms with Crippen molar-refractivity contribution in [3.05, 3.63) is 198 Å². The van der Waals surface area contributed by atoms with E-state index in [-0.39, 0.29) is 0 Å². The van der Waals surface area contributed by atoms with E-state index in [0.29, 0.717) is 0 Å². The van der Waals surface area contributed by atoms with Crippen LogP contribution in [0.5, 0.6) is 0 Å². The van der Waals surface area contributed by atoms with Crippen molar-refractivity contribution in [1.29, 1.82) is 0 Å². The Morgan fingerprint density at radius 3 is 1.17 bits per heavy atom. The van der Waals surface area contributed by atoms with Gasteiger partial charge in [0.2, 0.25) is 0 Å². The SMILES string of the molecule is c1ccc(-c2ccc(CCc3cc(CCc4ccc(-c5ccccc5)nc4)cc(CCc4cccc(-c5ccccc5)n4)c3)cn2)cc1. The first kappa shape index (κ1) is 31.0. The van der Waals surface area contributed by atoms with E-state index >= 15 is 0 Å². The molecule has 0 amide bonds. The standard InChI is InChI=1S/C45H39N3/c1-4-11-39(12-5-1)43-27-24-34(32-46-43)19-21-36-29-37(22-20-35-25-28-44(47-33-35)40-13-6-2-7-14-40)31-38(30-36)23-26-42-17-10-18-45(48-42)41-15-8-3-9-16-41/h1-18,24-25,27-33H,19-23,26H2. The quantitative estimate of drug-likeness (QED) is 0.136. The minimum Gasteiger partial charge on any atom is -0.256 e. The maximum absolute atomic E-state index is 5.00. The maximum Gasteiger partial charge on any atom is 0.0705 e. The first-order chi connectivity index (χ1) is 23.7. The Bertz CT molecular complexity index is 1930. The first-order valence-electron chi connectivity index (χ1n) is 16.9. The van der Waals surface area contributed by atoms with Gasteiger partial charge >= 0.3 is 0 Å². The second-order valence-electron chi connectivity index (χ2n) is 12.4. The molecule has 48 heavy (non-hydrogen) atoms. The predicted octanol–water partition coefficient (Wildman–Crippen LogP) is 10.2. The van der Waals surface area contributed by atoms with E-state index in [4.69, 9.17) is 15.0 Å². The second-order valence-corrected chi connectivity index (χ2v) is 12.4. The van der Waals surface area contributed by atoms with Gasteiger partial charge in [0.25, 0.3) is 0 Å². The van der Waals surface area contributed by atoms with E-state index in [9.17, 15) is 0 Å². The number of benzene rings is 4. The van der Waals surface area contributed by atoms with Crippen LogP contribution in [0.1, 0.15) is 33.5 Å². The van der Waals surface area contributed by atoms with Crippen LogP contribution in [0, 0.1) is 0 Å². The third-order valence-corrected chi connectivity index (χ3v) is 8.85. The summed E-state index contributed by atoms with van der Waals surface area (Å²) in [5.74, 6) is 0. The summed E-state index contributed by atoms with van der Waals surface area (Å²) in [5, 5.41) is 0. The zero-order valence-electron chi connectivity index (χ0n) is 27.2. The molecule has 3 heterocycles. The molecule has 3 aromatic heterocycles. The molecule has 0 unspecified atom stereocenters. The van der Waals surface area contributed by atoms with Crippen molar-refractivity contribution in [2.45, 2.75) is 38.5 Å². The molecule has 0 spiro atoms. The van der Waals surface area contributed by atoms with E-state index in [1.807, 2.05) is 30.6 Å². The molecule has 0 saturated heterocycles. The van der Waals surface area contributed by atoms with Crippen LogP contribution in [-0.2, 0) is 38.5 Å². The van der Waals surface area contributed by atoms with Gasteiger partial charge < -0.3 is 0 Å². The highest BCUT2D eigenvalue weighted by molar-refractivity contribution is 5.60. The van der Waals surface area contributed by atoms with Crippen molar-refractivity contribution < 1.29 is 0 Å². The molecule has 3 heteroatoms. The van der Waals surface area contributed by atoms with Crippen LogP contribution in [0.2, 0.25) is 0 Å².